The summed E-state index contributed by atoms with van der Waals surface area (Å²) in [5.41, 5.74) is 0. The molecule has 17 nitrogen and oxygen atoms in total. The third-order valence-corrected chi connectivity index (χ3v) is 19.9. The number of ether oxygens (including phenoxy) is 4. The SMILES string of the molecule is CCCCCCCCCCCCCCCCCCC(=O)OC[C@H](COP(=O)(O)OC[C@@H](O)COP(=O)(O)OC[C@@H](COC(=O)CCCCCCCCC(C)C)OC(=O)CCCCCCCCCCCCCCCCC)OC(=O)CCCCCCCCCCCCCCCCCC. The third kappa shape index (κ3) is 70.5. The minimum absolute atomic E-state index is 0.107. The zero-order valence-corrected chi connectivity index (χ0v) is 64.3. The number of carbonyl (C=O) groups is 4. The smallest absolute Gasteiger partial charge is 0.462 e. The normalized spacial score (nSPS) is 13.9. The van der Waals surface area contributed by atoms with Gasteiger partial charge in [0.2, 0.25) is 0 Å². The molecule has 0 aliphatic rings. The molecule has 19 heteroatoms. The molecule has 0 aromatic rings. The van der Waals surface area contributed by atoms with Crippen molar-refractivity contribution in [3.63, 3.8) is 0 Å². The molecule has 0 fully saturated rings. The van der Waals surface area contributed by atoms with Gasteiger partial charge < -0.3 is 33.8 Å². The Morgan fingerprint density at radius 1 is 0.281 bits per heavy atom. The van der Waals surface area contributed by atoms with Crippen molar-refractivity contribution in [2.75, 3.05) is 39.6 Å². The van der Waals surface area contributed by atoms with Gasteiger partial charge in [0.25, 0.3) is 0 Å². The van der Waals surface area contributed by atoms with E-state index in [0.29, 0.717) is 31.6 Å². The molecular formula is C77H150O17P2. The molecule has 96 heavy (non-hydrogen) atoms. The van der Waals surface area contributed by atoms with Gasteiger partial charge in [-0.15, -0.1) is 0 Å². The van der Waals surface area contributed by atoms with Gasteiger partial charge in [0.05, 0.1) is 26.4 Å². The Kier molecular flexibility index (Phi) is 68.7. The summed E-state index contributed by atoms with van der Waals surface area (Å²) in [7, 11) is -9.91. The van der Waals surface area contributed by atoms with Gasteiger partial charge in [0.1, 0.15) is 19.3 Å². The molecule has 0 aromatic heterocycles. The maximum absolute atomic E-state index is 13.1. The molecule has 0 amide bonds. The van der Waals surface area contributed by atoms with Crippen LogP contribution < -0.4 is 0 Å². The first-order chi connectivity index (χ1) is 46.5. The van der Waals surface area contributed by atoms with Crippen LogP contribution in [-0.2, 0) is 65.4 Å². The number of hydrogen-bond acceptors (Lipinski definition) is 15. The van der Waals surface area contributed by atoms with Gasteiger partial charge in [-0.05, 0) is 31.6 Å². The number of unbranched alkanes of at least 4 members (excludes halogenated alkanes) is 49. The number of hydrogen-bond donors (Lipinski definition) is 3. The monoisotopic (exact) mass is 1410 g/mol. The van der Waals surface area contributed by atoms with Crippen LogP contribution in [0, 0.1) is 5.92 Å². The van der Waals surface area contributed by atoms with Crippen molar-refractivity contribution in [2.45, 2.75) is 425 Å². The lowest BCUT2D eigenvalue weighted by Crippen LogP contribution is -2.30. The second-order valence-corrected chi connectivity index (χ2v) is 31.1. The topological polar surface area (TPSA) is 237 Å². The Balaban J connectivity index is 5.23. The molecule has 0 radical (unpaired) electrons. The first-order valence-electron chi connectivity index (χ1n) is 40.1. The molecule has 570 valence electrons. The van der Waals surface area contributed by atoms with Crippen LogP contribution in [0.2, 0.25) is 0 Å². The first-order valence-corrected chi connectivity index (χ1v) is 43.1. The summed E-state index contributed by atoms with van der Waals surface area (Å²) in [5, 5.41) is 10.6. The minimum Gasteiger partial charge on any atom is -0.462 e. The average Bonchev–Trinajstić information content (AvgIpc) is 1.41. The number of aliphatic hydroxyl groups excluding tert-OH is 1. The van der Waals surface area contributed by atoms with Crippen molar-refractivity contribution >= 4 is 39.5 Å². The van der Waals surface area contributed by atoms with Gasteiger partial charge in [0.15, 0.2) is 12.2 Å². The molecule has 0 heterocycles. The van der Waals surface area contributed by atoms with Gasteiger partial charge in [-0.1, -0.05) is 356 Å². The van der Waals surface area contributed by atoms with Crippen molar-refractivity contribution in [1.82, 2.24) is 0 Å². The van der Waals surface area contributed by atoms with Crippen LogP contribution in [0.15, 0.2) is 0 Å². The molecule has 0 spiro atoms. The number of aliphatic hydroxyl groups is 1. The van der Waals surface area contributed by atoms with Crippen LogP contribution in [0.5, 0.6) is 0 Å². The first kappa shape index (κ1) is 94.1. The van der Waals surface area contributed by atoms with Crippen molar-refractivity contribution in [3.05, 3.63) is 0 Å². The van der Waals surface area contributed by atoms with E-state index in [0.717, 1.165) is 96.3 Å². The lowest BCUT2D eigenvalue weighted by atomic mass is 10.0. The van der Waals surface area contributed by atoms with Gasteiger partial charge >= 0.3 is 39.5 Å². The van der Waals surface area contributed by atoms with Gasteiger partial charge in [0, 0.05) is 25.7 Å². The van der Waals surface area contributed by atoms with Crippen molar-refractivity contribution in [2.24, 2.45) is 5.92 Å². The summed E-state index contributed by atoms with van der Waals surface area (Å²) in [6, 6.07) is 0. The van der Waals surface area contributed by atoms with E-state index in [-0.39, 0.29) is 25.7 Å². The van der Waals surface area contributed by atoms with Gasteiger partial charge in [-0.3, -0.25) is 37.3 Å². The average molecular weight is 1410 g/mol. The van der Waals surface area contributed by atoms with Crippen LogP contribution in [0.4, 0.5) is 0 Å². The molecule has 0 bridgehead atoms. The van der Waals surface area contributed by atoms with Crippen molar-refractivity contribution in [3.8, 4) is 0 Å². The Labute approximate surface area is 588 Å². The number of carbonyl (C=O) groups excluding carboxylic acids is 4. The maximum atomic E-state index is 13.1. The highest BCUT2D eigenvalue weighted by Gasteiger charge is 2.30. The fourth-order valence-electron chi connectivity index (χ4n) is 11.9. The summed E-state index contributed by atoms with van der Waals surface area (Å²) in [4.78, 5) is 72.8. The van der Waals surface area contributed by atoms with Gasteiger partial charge in [-0.25, -0.2) is 9.13 Å². The Morgan fingerprint density at radius 3 is 0.708 bits per heavy atom. The Hall–Kier alpha value is -1.94. The Morgan fingerprint density at radius 2 is 0.479 bits per heavy atom. The maximum Gasteiger partial charge on any atom is 0.472 e. The predicted molar refractivity (Wildman–Crippen MR) is 391 cm³/mol. The highest BCUT2D eigenvalue weighted by molar-refractivity contribution is 7.47. The molecule has 0 aliphatic heterocycles. The highest BCUT2D eigenvalue weighted by atomic mass is 31.2. The van der Waals surface area contributed by atoms with E-state index in [1.54, 1.807) is 0 Å². The molecule has 3 N–H and O–H groups in total. The predicted octanol–water partition coefficient (Wildman–Crippen LogP) is 22.9. The van der Waals surface area contributed by atoms with E-state index in [1.165, 1.54) is 225 Å². The van der Waals surface area contributed by atoms with E-state index in [4.69, 9.17) is 37.0 Å². The lowest BCUT2D eigenvalue weighted by Gasteiger charge is -2.21. The second kappa shape index (κ2) is 70.1. The summed E-state index contributed by atoms with van der Waals surface area (Å²) in [6.07, 6.45) is 59.7. The van der Waals surface area contributed by atoms with Crippen LogP contribution in [0.3, 0.4) is 0 Å². The fraction of sp³-hybridized carbons (Fsp3) is 0.948. The fourth-order valence-corrected chi connectivity index (χ4v) is 13.5. The molecular weight excluding hydrogens is 1260 g/mol. The Bertz CT molecular complexity index is 1840. The quantitative estimate of drug-likeness (QED) is 0.0222. The van der Waals surface area contributed by atoms with Crippen molar-refractivity contribution < 1.29 is 80.2 Å². The molecule has 0 rings (SSSR count). The molecule has 0 saturated carbocycles. The largest absolute Gasteiger partial charge is 0.472 e. The summed E-state index contributed by atoms with van der Waals surface area (Å²) in [5.74, 6) is -1.43. The molecule has 5 atom stereocenters. The molecule has 0 saturated heterocycles. The molecule has 0 aromatic carbocycles. The van der Waals surface area contributed by atoms with E-state index < -0.39 is 97.5 Å². The van der Waals surface area contributed by atoms with E-state index >= 15 is 0 Å². The van der Waals surface area contributed by atoms with Crippen LogP contribution >= 0.6 is 15.6 Å². The summed E-state index contributed by atoms with van der Waals surface area (Å²) in [6.45, 7) is 7.23. The highest BCUT2D eigenvalue weighted by Crippen LogP contribution is 2.45. The van der Waals surface area contributed by atoms with Crippen LogP contribution in [-0.4, -0.2) is 96.7 Å². The van der Waals surface area contributed by atoms with E-state index in [1.807, 2.05) is 0 Å². The third-order valence-electron chi connectivity index (χ3n) is 18.0. The molecule has 2 unspecified atom stereocenters. The lowest BCUT2D eigenvalue weighted by molar-refractivity contribution is -0.161. The standard InChI is InChI=1S/C77H150O17P2/c1-6-9-12-15-18-21-24-27-30-33-35-38-41-44-50-55-60-74(79)87-66-72(93-76(81)62-58-53-46-43-40-37-34-31-28-25-22-19-16-13-10-7-2)68-91-95(83,84)89-64-71(78)65-90-96(85,86)92-69-73(67-88-75(80)61-56-51-48-47-49-54-59-70(4)5)94-77(82)63-57-52-45-42-39-36-32-29-26-23-20-17-14-11-8-3/h70-73,78H,6-69H2,1-5H3,(H,83,84)(H,85,86)/t71-,72-,73-/m1/s1. The minimum atomic E-state index is -4.96. The summed E-state index contributed by atoms with van der Waals surface area (Å²) >= 11 is 0. The van der Waals surface area contributed by atoms with E-state index in [9.17, 15) is 43.2 Å². The van der Waals surface area contributed by atoms with Crippen molar-refractivity contribution in [1.29, 1.82) is 0 Å². The number of phosphoric acid groups is 2. The van der Waals surface area contributed by atoms with Gasteiger partial charge in [-0.2, -0.15) is 0 Å². The van der Waals surface area contributed by atoms with E-state index in [2.05, 4.69) is 34.6 Å². The number of esters is 4. The molecule has 0 aliphatic carbocycles. The summed E-state index contributed by atoms with van der Waals surface area (Å²) < 4.78 is 68.6. The number of phosphoric ester groups is 2. The van der Waals surface area contributed by atoms with Crippen LogP contribution in [0.1, 0.15) is 407 Å². The van der Waals surface area contributed by atoms with Crippen LogP contribution in [0.25, 0.3) is 0 Å². The zero-order chi connectivity index (χ0) is 70.5. The second-order valence-electron chi connectivity index (χ2n) is 28.2. The number of rotatable bonds is 77. The zero-order valence-electron chi connectivity index (χ0n) is 62.5.